The Bertz CT molecular complexity index is 692. The van der Waals surface area contributed by atoms with Crippen LogP contribution < -0.4 is 10.1 Å². The molecule has 102 valence electrons. The van der Waals surface area contributed by atoms with Crippen LogP contribution in [0.25, 0.3) is 5.65 Å². The Kier molecular flexibility index (Phi) is 3.45. The van der Waals surface area contributed by atoms with E-state index < -0.39 is 0 Å². The molecule has 0 aliphatic heterocycles. The molecule has 2 heterocycles. The molecule has 6 heteroatoms. The minimum absolute atomic E-state index is 0.738. The molecule has 0 unspecified atom stereocenters. The van der Waals surface area contributed by atoms with Crippen LogP contribution in [0, 0.1) is 0 Å². The van der Waals surface area contributed by atoms with Gasteiger partial charge in [-0.05, 0) is 24.1 Å². The van der Waals surface area contributed by atoms with E-state index >= 15 is 0 Å². The molecule has 0 bridgehead atoms. The summed E-state index contributed by atoms with van der Waals surface area (Å²) in [6.45, 7) is 0.784. The van der Waals surface area contributed by atoms with E-state index in [0.717, 1.165) is 30.2 Å². The van der Waals surface area contributed by atoms with Crippen LogP contribution in [0.2, 0.25) is 0 Å². The van der Waals surface area contributed by atoms with Crippen LogP contribution in [-0.2, 0) is 6.42 Å². The van der Waals surface area contributed by atoms with Crippen LogP contribution in [-0.4, -0.2) is 33.2 Å². The Morgan fingerprint density at radius 2 is 2.10 bits per heavy atom. The van der Waals surface area contributed by atoms with Crippen molar-refractivity contribution in [2.75, 3.05) is 19.0 Å². The largest absolute Gasteiger partial charge is 0.497 e. The fourth-order valence-electron chi connectivity index (χ4n) is 2.00. The van der Waals surface area contributed by atoms with Crippen LogP contribution in [0.1, 0.15) is 5.56 Å². The van der Waals surface area contributed by atoms with Crippen molar-refractivity contribution in [3.63, 3.8) is 0 Å². The molecule has 1 N–H and O–H groups in total. The van der Waals surface area contributed by atoms with Gasteiger partial charge in [-0.15, -0.1) is 10.2 Å². The maximum Gasteiger partial charge on any atom is 0.203 e. The van der Waals surface area contributed by atoms with E-state index in [0.29, 0.717) is 0 Å². The molecule has 1 aromatic carbocycles. The van der Waals surface area contributed by atoms with Crippen LogP contribution in [0.3, 0.4) is 0 Å². The van der Waals surface area contributed by atoms with E-state index in [1.54, 1.807) is 19.6 Å². The lowest BCUT2D eigenvalue weighted by molar-refractivity contribution is 0.414. The van der Waals surface area contributed by atoms with E-state index in [1.165, 1.54) is 5.56 Å². The average molecular weight is 269 g/mol. The number of methoxy groups -OCH3 is 1. The number of rotatable bonds is 5. The van der Waals surface area contributed by atoms with E-state index in [9.17, 15) is 0 Å². The fraction of sp³-hybridized carbons (Fsp3) is 0.214. The lowest BCUT2D eigenvalue weighted by atomic mass is 10.1. The van der Waals surface area contributed by atoms with E-state index in [-0.39, 0.29) is 0 Å². The summed E-state index contributed by atoms with van der Waals surface area (Å²) in [5.41, 5.74) is 1.98. The van der Waals surface area contributed by atoms with Crippen molar-refractivity contribution in [3.8, 4) is 5.75 Å². The number of nitrogens with one attached hydrogen (secondary N) is 1. The second-order valence-corrected chi connectivity index (χ2v) is 4.36. The van der Waals surface area contributed by atoms with Crippen molar-refractivity contribution in [1.82, 2.24) is 19.6 Å². The van der Waals surface area contributed by atoms with E-state index in [2.05, 4.69) is 32.6 Å². The number of benzene rings is 1. The third-order valence-electron chi connectivity index (χ3n) is 3.08. The van der Waals surface area contributed by atoms with Gasteiger partial charge in [-0.3, -0.25) is 4.40 Å². The second-order valence-electron chi connectivity index (χ2n) is 4.36. The Hall–Kier alpha value is -2.63. The summed E-state index contributed by atoms with van der Waals surface area (Å²) in [5, 5.41) is 11.2. The molecule has 0 radical (unpaired) electrons. The fourth-order valence-corrected chi connectivity index (χ4v) is 2.00. The number of fused-ring (bicyclic) bond motifs is 1. The number of aromatic nitrogens is 4. The van der Waals surface area contributed by atoms with Gasteiger partial charge >= 0.3 is 0 Å². The quantitative estimate of drug-likeness (QED) is 0.765. The minimum atomic E-state index is 0.738. The molecule has 20 heavy (non-hydrogen) atoms. The normalized spacial score (nSPS) is 10.7. The Morgan fingerprint density at radius 1 is 1.25 bits per heavy atom. The Labute approximate surface area is 116 Å². The first kappa shape index (κ1) is 12.4. The average Bonchev–Trinajstić information content (AvgIpc) is 2.97. The topological polar surface area (TPSA) is 64.3 Å². The Morgan fingerprint density at radius 3 is 2.90 bits per heavy atom. The zero-order valence-electron chi connectivity index (χ0n) is 11.2. The molecule has 0 aliphatic carbocycles. The molecule has 0 atom stereocenters. The molecular formula is C14H15N5O. The molecule has 0 saturated carbocycles. The first-order valence-electron chi connectivity index (χ1n) is 6.38. The van der Waals surface area contributed by atoms with Crippen molar-refractivity contribution in [2.24, 2.45) is 0 Å². The predicted molar refractivity (Wildman–Crippen MR) is 76.0 cm³/mol. The monoisotopic (exact) mass is 269 g/mol. The lowest BCUT2D eigenvalue weighted by Gasteiger charge is -2.07. The molecule has 3 rings (SSSR count). The molecule has 2 aromatic heterocycles. The van der Waals surface area contributed by atoms with Crippen molar-refractivity contribution >= 4 is 11.5 Å². The van der Waals surface area contributed by atoms with Crippen LogP contribution >= 0.6 is 0 Å². The van der Waals surface area contributed by atoms with Gasteiger partial charge in [0.25, 0.3) is 0 Å². The Balaban J connectivity index is 1.63. The summed E-state index contributed by atoms with van der Waals surface area (Å²) in [6, 6.07) is 8.05. The van der Waals surface area contributed by atoms with Crippen LogP contribution in [0.4, 0.5) is 5.82 Å². The summed E-state index contributed by atoms with van der Waals surface area (Å²) in [4.78, 5) is 4.28. The minimum Gasteiger partial charge on any atom is -0.497 e. The molecule has 0 amide bonds. The standard InChI is InChI=1S/C14H15N5O/c1-20-12-4-2-11(3-5-12)6-7-15-13-14-18-17-10-19(14)9-8-16-13/h2-5,8-10H,6-7H2,1H3,(H,15,16). The molecule has 6 nitrogen and oxygen atoms in total. The van der Waals surface area contributed by atoms with Gasteiger partial charge in [0.2, 0.25) is 5.65 Å². The van der Waals surface area contributed by atoms with E-state index in [4.69, 9.17) is 4.74 Å². The molecule has 0 fully saturated rings. The van der Waals surface area contributed by atoms with Gasteiger partial charge in [0.15, 0.2) is 5.82 Å². The van der Waals surface area contributed by atoms with Crippen molar-refractivity contribution in [1.29, 1.82) is 0 Å². The zero-order valence-corrected chi connectivity index (χ0v) is 11.2. The number of hydrogen-bond acceptors (Lipinski definition) is 5. The van der Waals surface area contributed by atoms with Gasteiger partial charge < -0.3 is 10.1 Å². The highest BCUT2D eigenvalue weighted by Gasteiger charge is 2.03. The maximum atomic E-state index is 5.14. The number of ether oxygens (including phenoxy) is 1. The smallest absolute Gasteiger partial charge is 0.203 e. The highest BCUT2D eigenvalue weighted by Crippen LogP contribution is 2.13. The summed E-state index contributed by atoms with van der Waals surface area (Å²) in [5.74, 6) is 1.62. The molecule has 3 aromatic rings. The zero-order chi connectivity index (χ0) is 13.8. The van der Waals surface area contributed by atoms with Gasteiger partial charge in [0.05, 0.1) is 7.11 Å². The van der Waals surface area contributed by atoms with Gasteiger partial charge in [-0.1, -0.05) is 12.1 Å². The molecule has 0 saturated heterocycles. The van der Waals surface area contributed by atoms with Gasteiger partial charge in [0.1, 0.15) is 12.1 Å². The lowest BCUT2D eigenvalue weighted by Crippen LogP contribution is -2.07. The third-order valence-corrected chi connectivity index (χ3v) is 3.08. The van der Waals surface area contributed by atoms with Crippen molar-refractivity contribution < 1.29 is 4.74 Å². The second kappa shape index (κ2) is 5.56. The maximum absolute atomic E-state index is 5.14. The van der Waals surface area contributed by atoms with Crippen molar-refractivity contribution in [2.45, 2.75) is 6.42 Å². The highest BCUT2D eigenvalue weighted by atomic mass is 16.5. The predicted octanol–water partition coefficient (Wildman–Crippen LogP) is 1.79. The van der Waals surface area contributed by atoms with Crippen LogP contribution in [0.5, 0.6) is 5.75 Å². The third kappa shape index (κ3) is 2.54. The van der Waals surface area contributed by atoms with E-state index in [1.807, 2.05) is 22.7 Å². The number of anilines is 1. The van der Waals surface area contributed by atoms with Crippen molar-refractivity contribution in [3.05, 3.63) is 48.5 Å². The number of nitrogens with zero attached hydrogens (tertiary/aromatic N) is 4. The summed E-state index contributed by atoms with van der Waals surface area (Å²) < 4.78 is 6.97. The molecule has 0 aliphatic rings. The summed E-state index contributed by atoms with van der Waals surface area (Å²) >= 11 is 0. The summed E-state index contributed by atoms with van der Waals surface area (Å²) in [7, 11) is 1.67. The van der Waals surface area contributed by atoms with Gasteiger partial charge in [-0.2, -0.15) is 0 Å². The van der Waals surface area contributed by atoms with Crippen LogP contribution in [0.15, 0.2) is 43.0 Å². The highest BCUT2D eigenvalue weighted by molar-refractivity contribution is 5.61. The first-order valence-corrected chi connectivity index (χ1v) is 6.38. The van der Waals surface area contributed by atoms with Gasteiger partial charge in [0, 0.05) is 18.9 Å². The number of hydrogen-bond donors (Lipinski definition) is 1. The molecule has 0 spiro atoms. The first-order chi connectivity index (χ1) is 9.86. The van der Waals surface area contributed by atoms with Gasteiger partial charge in [-0.25, -0.2) is 4.98 Å². The SMILES string of the molecule is COc1ccc(CCNc2nccn3cnnc23)cc1. The molecular weight excluding hydrogens is 254 g/mol. The summed E-state index contributed by atoms with van der Waals surface area (Å²) in [6.07, 6.45) is 6.11.